The molecule has 1 aliphatic carbocycles. The Hall–Kier alpha value is -0.740. The molecule has 20 heavy (non-hydrogen) atoms. The lowest BCUT2D eigenvalue weighted by molar-refractivity contribution is 0.297. The first-order chi connectivity index (χ1) is 9.83. The Morgan fingerprint density at radius 3 is 2.60 bits per heavy atom. The number of hydrogen-bond acceptors (Lipinski definition) is 3. The molecule has 0 atom stereocenters. The highest BCUT2D eigenvalue weighted by Gasteiger charge is 2.19. The SMILES string of the molecule is Brc1cc2c(cc1CCCCNC1CC1)OCCCO2. The van der Waals surface area contributed by atoms with Gasteiger partial charge in [0.1, 0.15) is 0 Å². The van der Waals surface area contributed by atoms with Gasteiger partial charge in [-0.15, -0.1) is 0 Å². The van der Waals surface area contributed by atoms with Gasteiger partial charge in [-0.3, -0.25) is 0 Å². The predicted octanol–water partition coefficient (Wildman–Crippen LogP) is 3.69. The van der Waals surface area contributed by atoms with Crippen molar-refractivity contribution in [2.75, 3.05) is 19.8 Å². The Kier molecular flexibility index (Phi) is 4.84. The third-order valence-corrected chi connectivity index (χ3v) is 4.54. The molecule has 1 saturated carbocycles. The largest absolute Gasteiger partial charge is 0.490 e. The van der Waals surface area contributed by atoms with Crippen molar-refractivity contribution in [2.24, 2.45) is 0 Å². The summed E-state index contributed by atoms with van der Waals surface area (Å²) in [5, 5.41) is 3.56. The number of unbranched alkanes of at least 4 members (excludes halogenated alkanes) is 1. The van der Waals surface area contributed by atoms with Crippen molar-refractivity contribution in [3.63, 3.8) is 0 Å². The highest BCUT2D eigenvalue weighted by atomic mass is 79.9. The van der Waals surface area contributed by atoms with Crippen LogP contribution in [-0.2, 0) is 6.42 Å². The molecule has 1 aromatic carbocycles. The van der Waals surface area contributed by atoms with E-state index in [1.165, 1.54) is 31.2 Å². The fourth-order valence-corrected chi connectivity index (χ4v) is 2.97. The summed E-state index contributed by atoms with van der Waals surface area (Å²) in [6, 6.07) is 5.01. The van der Waals surface area contributed by atoms with Gasteiger partial charge < -0.3 is 14.8 Å². The molecule has 1 N–H and O–H groups in total. The van der Waals surface area contributed by atoms with Gasteiger partial charge in [0.2, 0.25) is 0 Å². The molecule has 0 bridgehead atoms. The van der Waals surface area contributed by atoms with Gasteiger partial charge >= 0.3 is 0 Å². The smallest absolute Gasteiger partial charge is 0.162 e. The van der Waals surface area contributed by atoms with Crippen LogP contribution in [0.5, 0.6) is 11.5 Å². The second kappa shape index (κ2) is 6.81. The van der Waals surface area contributed by atoms with Gasteiger partial charge in [-0.25, -0.2) is 0 Å². The Morgan fingerprint density at radius 2 is 1.85 bits per heavy atom. The lowest BCUT2D eigenvalue weighted by Crippen LogP contribution is -2.17. The zero-order chi connectivity index (χ0) is 13.8. The molecule has 3 nitrogen and oxygen atoms in total. The molecule has 0 aromatic heterocycles. The number of rotatable bonds is 6. The maximum Gasteiger partial charge on any atom is 0.162 e. The fourth-order valence-electron chi connectivity index (χ4n) is 2.45. The number of aryl methyl sites for hydroxylation is 1. The zero-order valence-electron chi connectivity index (χ0n) is 11.8. The summed E-state index contributed by atoms with van der Waals surface area (Å²) in [4.78, 5) is 0. The minimum atomic E-state index is 0.742. The Balaban J connectivity index is 1.53. The Morgan fingerprint density at radius 1 is 1.10 bits per heavy atom. The lowest BCUT2D eigenvalue weighted by atomic mass is 10.1. The quantitative estimate of drug-likeness (QED) is 0.802. The molecule has 4 heteroatoms. The van der Waals surface area contributed by atoms with E-state index in [0.29, 0.717) is 0 Å². The molecule has 0 radical (unpaired) electrons. The van der Waals surface area contributed by atoms with E-state index in [-0.39, 0.29) is 0 Å². The van der Waals surface area contributed by atoms with E-state index >= 15 is 0 Å². The van der Waals surface area contributed by atoms with Crippen LogP contribution in [0.3, 0.4) is 0 Å². The van der Waals surface area contributed by atoms with Crippen LogP contribution in [0.1, 0.15) is 37.7 Å². The van der Waals surface area contributed by atoms with Crippen molar-refractivity contribution in [3.05, 3.63) is 22.2 Å². The van der Waals surface area contributed by atoms with Crippen LogP contribution in [0.25, 0.3) is 0 Å². The summed E-state index contributed by atoms with van der Waals surface area (Å²) in [6.45, 7) is 2.64. The minimum absolute atomic E-state index is 0.742. The van der Waals surface area contributed by atoms with Crippen LogP contribution in [0.15, 0.2) is 16.6 Å². The van der Waals surface area contributed by atoms with E-state index in [4.69, 9.17) is 9.47 Å². The van der Waals surface area contributed by atoms with Crippen LogP contribution in [0.2, 0.25) is 0 Å². The highest BCUT2D eigenvalue weighted by molar-refractivity contribution is 9.10. The van der Waals surface area contributed by atoms with E-state index in [0.717, 1.165) is 54.6 Å². The van der Waals surface area contributed by atoms with Gasteiger partial charge in [0, 0.05) is 16.9 Å². The summed E-state index contributed by atoms with van der Waals surface area (Å²) in [7, 11) is 0. The summed E-state index contributed by atoms with van der Waals surface area (Å²) in [5.74, 6) is 1.77. The molecule has 0 unspecified atom stereocenters. The van der Waals surface area contributed by atoms with Crippen molar-refractivity contribution in [3.8, 4) is 11.5 Å². The summed E-state index contributed by atoms with van der Waals surface area (Å²) in [6.07, 6.45) is 7.22. The van der Waals surface area contributed by atoms with Crippen LogP contribution in [0.4, 0.5) is 0 Å². The summed E-state index contributed by atoms with van der Waals surface area (Å²) < 4.78 is 12.6. The molecule has 3 rings (SSSR count). The monoisotopic (exact) mass is 339 g/mol. The van der Waals surface area contributed by atoms with Crippen LogP contribution >= 0.6 is 15.9 Å². The normalized spacial score (nSPS) is 17.9. The topological polar surface area (TPSA) is 30.5 Å². The molecular weight excluding hydrogens is 318 g/mol. The van der Waals surface area contributed by atoms with Crippen molar-refractivity contribution < 1.29 is 9.47 Å². The van der Waals surface area contributed by atoms with E-state index in [1.807, 2.05) is 0 Å². The average Bonchev–Trinajstić information content (AvgIpc) is 3.25. The van der Waals surface area contributed by atoms with E-state index in [9.17, 15) is 0 Å². The number of hydrogen-bond donors (Lipinski definition) is 1. The first-order valence-electron chi connectivity index (χ1n) is 7.64. The van der Waals surface area contributed by atoms with Gasteiger partial charge in [-0.05, 0) is 56.3 Å². The minimum Gasteiger partial charge on any atom is -0.490 e. The number of nitrogens with one attached hydrogen (secondary N) is 1. The van der Waals surface area contributed by atoms with E-state index < -0.39 is 0 Å². The maximum absolute atomic E-state index is 5.75. The third kappa shape index (κ3) is 3.89. The molecule has 0 spiro atoms. The van der Waals surface area contributed by atoms with Crippen molar-refractivity contribution >= 4 is 15.9 Å². The van der Waals surface area contributed by atoms with E-state index in [2.05, 4.69) is 33.4 Å². The molecule has 2 aliphatic rings. The summed E-state index contributed by atoms with van der Waals surface area (Å²) in [5.41, 5.74) is 1.32. The van der Waals surface area contributed by atoms with Crippen LogP contribution in [-0.4, -0.2) is 25.8 Å². The number of halogens is 1. The van der Waals surface area contributed by atoms with Crippen LogP contribution < -0.4 is 14.8 Å². The lowest BCUT2D eigenvalue weighted by Gasteiger charge is -2.11. The molecule has 0 amide bonds. The summed E-state index contributed by atoms with van der Waals surface area (Å²) >= 11 is 3.65. The molecule has 0 saturated heterocycles. The Bertz CT molecular complexity index is 460. The van der Waals surface area contributed by atoms with Gasteiger partial charge in [0.05, 0.1) is 13.2 Å². The van der Waals surface area contributed by atoms with E-state index in [1.54, 1.807) is 0 Å². The first kappa shape index (κ1) is 14.2. The molecular formula is C16H22BrNO2. The van der Waals surface area contributed by atoms with Crippen molar-refractivity contribution in [2.45, 2.75) is 44.6 Å². The molecule has 1 aliphatic heterocycles. The average molecular weight is 340 g/mol. The highest BCUT2D eigenvalue weighted by Crippen LogP contribution is 2.35. The molecule has 1 heterocycles. The van der Waals surface area contributed by atoms with Gasteiger partial charge in [-0.2, -0.15) is 0 Å². The second-order valence-corrected chi connectivity index (χ2v) is 6.48. The second-order valence-electron chi connectivity index (χ2n) is 5.63. The van der Waals surface area contributed by atoms with Crippen molar-refractivity contribution in [1.82, 2.24) is 5.32 Å². The molecule has 110 valence electrons. The predicted molar refractivity (Wildman–Crippen MR) is 83.7 cm³/mol. The van der Waals surface area contributed by atoms with Crippen molar-refractivity contribution in [1.29, 1.82) is 0 Å². The standard InChI is InChI=1S/C16H22BrNO2/c17-14-11-16-15(19-8-3-9-20-16)10-12(14)4-1-2-7-18-13-5-6-13/h10-11,13,18H,1-9H2. The molecule has 1 aromatic rings. The van der Waals surface area contributed by atoms with Gasteiger partial charge in [-0.1, -0.05) is 15.9 Å². The number of fused-ring (bicyclic) bond motifs is 1. The van der Waals surface area contributed by atoms with Gasteiger partial charge in [0.25, 0.3) is 0 Å². The fraction of sp³-hybridized carbons (Fsp3) is 0.625. The number of benzene rings is 1. The zero-order valence-corrected chi connectivity index (χ0v) is 13.4. The molecule has 1 fully saturated rings. The van der Waals surface area contributed by atoms with Gasteiger partial charge in [0.15, 0.2) is 11.5 Å². The number of ether oxygens (including phenoxy) is 2. The maximum atomic E-state index is 5.75. The Labute approximate surface area is 129 Å². The van der Waals surface area contributed by atoms with Crippen LogP contribution in [0, 0.1) is 0 Å². The third-order valence-electron chi connectivity index (χ3n) is 3.80. The first-order valence-corrected chi connectivity index (χ1v) is 8.43.